The number of hydrogen-bond acceptors (Lipinski definition) is 4. The number of nitrogens with two attached hydrogens (primary N) is 1. The van der Waals surface area contributed by atoms with Gasteiger partial charge in [0.25, 0.3) is 0 Å². The molecule has 0 radical (unpaired) electrons. The number of anilines is 2. The van der Waals surface area contributed by atoms with Gasteiger partial charge in [-0.25, -0.2) is 0 Å². The van der Waals surface area contributed by atoms with Crippen molar-refractivity contribution >= 4 is 11.4 Å². The van der Waals surface area contributed by atoms with Gasteiger partial charge in [0.2, 0.25) is 0 Å². The van der Waals surface area contributed by atoms with E-state index in [1.807, 2.05) is 18.2 Å². The zero-order chi connectivity index (χ0) is 12.3. The molecular formula is C13H18N4. The third-order valence-corrected chi connectivity index (χ3v) is 3.10. The molecule has 90 valence electrons. The minimum absolute atomic E-state index is 0.483. The number of hydrogen-bond donors (Lipinski definition) is 2. The summed E-state index contributed by atoms with van der Waals surface area (Å²) in [7, 11) is 0. The van der Waals surface area contributed by atoms with Crippen LogP contribution >= 0.6 is 0 Å². The Labute approximate surface area is 102 Å². The molecule has 2 rings (SSSR count). The van der Waals surface area contributed by atoms with Crippen LogP contribution in [-0.2, 0) is 0 Å². The van der Waals surface area contributed by atoms with Gasteiger partial charge in [0.05, 0.1) is 23.0 Å². The van der Waals surface area contributed by atoms with Crippen LogP contribution in [0.1, 0.15) is 12.5 Å². The molecule has 1 aromatic rings. The first kappa shape index (κ1) is 11.7. The van der Waals surface area contributed by atoms with E-state index in [-0.39, 0.29) is 0 Å². The van der Waals surface area contributed by atoms with E-state index in [1.165, 1.54) is 5.69 Å². The smallest absolute Gasteiger partial charge is 0.0992 e. The maximum absolute atomic E-state index is 8.88. The number of benzene rings is 1. The van der Waals surface area contributed by atoms with E-state index in [0.717, 1.165) is 25.3 Å². The molecule has 1 heterocycles. The van der Waals surface area contributed by atoms with E-state index in [0.29, 0.717) is 18.0 Å². The number of nitrogens with zero attached hydrogens (tertiary/aromatic N) is 2. The minimum atomic E-state index is 0.483. The van der Waals surface area contributed by atoms with Crippen LogP contribution in [0, 0.1) is 17.2 Å². The fourth-order valence-corrected chi connectivity index (χ4v) is 2.11. The van der Waals surface area contributed by atoms with Crippen molar-refractivity contribution in [3.05, 3.63) is 23.8 Å². The molecule has 0 saturated carbocycles. The number of nitrogens with one attached hydrogen (secondary N) is 1. The van der Waals surface area contributed by atoms with Gasteiger partial charge in [0.15, 0.2) is 0 Å². The summed E-state index contributed by atoms with van der Waals surface area (Å²) in [6.45, 7) is 5.74. The molecule has 1 aromatic carbocycles. The summed E-state index contributed by atoms with van der Waals surface area (Å²) in [5.41, 5.74) is 8.60. The second-order valence-electron chi connectivity index (χ2n) is 4.56. The van der Waals surface area contributed by atoms with Gasteiger partial charge in [-0.15, -0.1) is 0 Å². The molecule has 3 N–H and O–H groups in total. The van der Waals surface area contributed by atoms with Crippen molar-refractivity contribution in [3.8, 4) is 6.07 Å². The van der Waals surface area contributed by atoms with E-state index in [4.69, 9.17) is 11.0 Å². The van der Waals surface area contributed by atoms with Crippen molar-refractivity contribution in [3.63, 3.8) is 0 Å². The topological polar surface area (TPSA) is 65.1 Å². The highest BCUT2D eigenvalue weighted by atomic mass is 15.2. The lowest BCUT2D eigenvalue weighted by molar-refractivity contribution is 0.570. The summed E-state index contributed by atoms with van der Waals surface area (Å²) in [6.07, 6.45) is 0. The van der Waals surface area contributed by atoms with Crippen molar-refractivity contribution in [2.24, 2.45) is 11.7 Å². The maximum atomic E-state index is 8.88. The molecule has 0 spiro atoms. The predicted molar refractivity (Wildman–Crippen MR) is 70.1 cm³/mol. The Bertz CT molecular complexity index is 436. The average molecular weight is 230 g/mol. The average Bonchev–Trinajstić information content (AvgIpc) is 2.38. The first-order chi connectivity index (χ1) is 8.24. The number of rotatable bonds is 3. The van der Waals surface area contributed by atoms with Crippen LogP contribution < -0.4 is 16.0 Å². The Kier molecular flexibility index (Phi) is 3.50. The standard InChI is InChI=1S/C13H18N4/c1-10(7-14)9-17-5-4-16-12-6-11(8-15)2-3-13(12)17/h2-3,6,10,16H,4-5,7,9,14H2,1H3. The Morgan fingerprint density at radius 1 is 1.59 bits per heavy atom. The second-order valence-corrected chi connectivity index (χ2v) is 4.56. The largest absolute Gasteiger partial charge is 0.382 e. The van der Waals surface area contributed by atoms with Crippen molar-refractivity contribution in [1.82, 2.24) is 0 Å². The maximum Gasteiger partial charge on any atom is 0.0992 e. The molecule has 1 aliphatic rings. The lowest BCUT2D eigenvalue weighted by Crippen LogP contribution is -2.38. The fraction of sp³-hybridized carbons (Fsp3) is 0.462. The van der Waals surface area contributed by atoms with Gasteiger partial charge >= 0.3 is 0 Å². The summed E-state index contributed by atoms with van der Waals surface area (Å²) in [6, 6.07) is 7.96. The SMILES string of the molecule is CC(CN)CN1CCNc2cc(C#N)ccc21. The van der Waals surface area contributed by atoms with Gasteiger partial charge in [0, 0.05) is 19.6 Å². The Hall–Kier alpha value is -1.73. The Morgan fingerprint density at radius 2 is 2.41 bits per heavy atom. The number of fused-ring (bicyclic) bond motifs is 1. The van der Waals surface area contributed by atoms with Crippen LogP contribution in [0.25, 0.3) is 0 Å². The van der Waals surface area contributed by atoms with Crippen molar-refractivity contribution in [2.75, 3.05) is 36.4 Å². The summed E-state index contributed by atoms with van der Waals surface area (Å²) < 4.78 is 0. The molecule has 0 fully saturated rings. The fourth-order valence-electron chi connectivity index (χ4n) is 2.11. The molecule has 0 saturated heterocycles. The van der Waals surface area contributed by atoms with Gasteiger partial charge in [0.1, 0.15) is 0 Å². The van der Waals surface area contributed by atoms with Gasteiger partial charge in [-0.1, -0.05) is 6.92 Å². The number of nitriles is 1. The van der Waals surface area contributed by atoms with E-state index in [1.54, 1.807) is 0 Å². The van der Waals surface area contributed by atoms with Gasteiger partial charge < -0.3 is 16.0 Å². The molecule has 0 amide bonds. The zero-order valence-corrected chi connectivity index (χ0v) is 10.1. The summed E-state index contributed by atoms with van der Waals surface area (Å²) in [5, 5.41) is 12.2. The van der Waals surface area contributed by atoms with Crippen LogP contribution in [0.2, 0.25) is 0 Å². The first-order valence-electron chi connectivity index (χ1n) is 5.97. The van der Waals surface area contributed by atoms with Crippen LogP contribution in [0.3, 0.4) is 0 Å². The first-order valence-corrected chi connectivity index (χ1v) is 5.97. The monoisotopic (exact) mass is 230 g/mol. The lowest BCUT2D eigenvalue weighted by atomic mass is 10.1. The summed E-state index contributed by atoms with van der Waals surface area (Å²) >= 11 is 0. The van der Waals surface area contributed by atoms with Crippen molar-refractivity contribution < 1.29 is 0 Å². The molecular weight excluding hydrogens is 212 g/mol. The van der Waals surface area contributed by atoms with Crippen LogP contribution in [0.15, 0.2) is 18.2 Å². The molecule has 0 aromatic heterocycles. The molecule has 4 heteroatoms. The van der Waals surface area contributed by atoms with E-state index in [9.17, 15) is 0 Å². The Morgan fingerprint density at radius 3 is 3.12 bits per heavy atom. The molecule has 1 unspecified atom stereocenters. The zero-order valence-electron chi connectivity index (χ0n) is 10.1. The van der Waals surface area contributed by atoms with Gasteiger partial charge in [-0.2, -0.15) is 5.26 Å². The normalized spacial score (nSPS) is 15.7. The van der Waals surface area contributed by atoms with E-state index < -0.39 is 0 Å². The van der Waals surface area contributed by atoms with Gasteiger partial charge in [-0.3, -0.25) is 0 Å². The molecule has 0 bridgehead atoms. The second kappa shape index (κ2) is 5.07. The van der Waals surface area contributed by atoms with Gasteiger partial charge in [-0.05, 0) is 30.7 Å². The molecule has 1 atom stereocenters. The van der Waals surface area contributed by atoms with E-state index >= 15 is 0 Å². The molecule has 1 aliphatic heterocycles. The third kappa shape index (κ3) is 2.51. The quantitative estimate of drug-likeness (QED) is 0.823. The summed E-state index contributed by atoms with van der Waals surface area (Å²) in [4.78, 5) is 2.34. The lowest BCUT2D eigenvalue weighted by Gasteiger charge is -2.33. The highest BCUT2D eigenvalue weighted by Gasteiger charge is 2.18. The van der Waals surface area contributed by atoms with Crippen LogP contribution in [0.4, 0.5) is 11.4 Å². The summed E-state index contributed by atoms with van der Waals surface area (Å²) in [5.74, 6) is 0.483. The highest BCUT2D eigenvalue weighted by Crippen LogP contribution is 2.30. The van der Waals surface area contributed by atoms with E-state index in [2.05, 4.69) is 23.2 Å². The highest BCUT2D eigenvalue weighted by molar-refractivity contribution is 5.73. The van der Waals surface area contributed by atoms with Crippen molar-refractivity contribution in [2.45, 2.75) is 6.92 Å². The third-order valence-electron chi connectivity index (χ3n) is 3.10. The predicted octanol–water partition coefficient (Wildman–Crippen LogP) is 1.38. The van der Waals surface area contributed by atoms with Crippen molar-refractivity contribution in [1.29, 1.82) is 5.26 Å². The van der Waals surface area contributed by atoms with Crippen LogP contribution in [-0.4, -0.2) is 26.2 Å². The molecule has 17 heavy (non-hydrogen) atoms. The Balaban J connectivity index is 2.23. The minimum Gasteiger partial charge on any atom is -0.382 e. The van der Waals surface area contributed by atoms with Crippen LogP contribution in [0.5, 0.6) is 0 Å². The molecule has 4 nitrogen and oxygen atoms in total. The molecule has 0 aliphatic carbocycles.